The lowest BCUT2D eigenvalue weighted by Crippen LogP contribution is -2.42. The number of rotatable bonds is 5. The van der Waals surface area contributed by atoms with Crippen LogP contribution >= 0.6 is 0 Å². The standard InChI is InChI=1S/C18H22O4/c1-13(2)12-22-18(20)17-15(19)10-11-21-16(17)9-8-14-6-4-3-5-7-14/h3-9,13,16-17H,10-12H2,1-2H3/b9-8+/t16-,17+/m1/s1. The molecule has 1 saturated heterocycles. The fourth-order valence-corrected chi connectivity index (χ4v) is 2.27. The van der Waals surface area contributed by atoms with Gasteiger partial charge >= 0.3 is 5.97 Å². The lowest BCUT2D eigenvalue weighted by Gasteiger charge is -2.27. The van der Waals surface area contributed by atoms with Crippen molar-refractivity contribution in [3.63, 3.8) is 0 Å². The van der Waals surface area contributed by atoms with E-state index in [1.54, 1.807) is 6.08 Å². The number of carbonyl (C=O) groups excluding carboxylic acids is 2. The van der Waals surface area contributed by atoms with Gasteiger partial charge in [-0.1, -0.05) is 56.3 Å². The maximum atomic E-state index is 12.2. The first-order chi connectivity index (χ1) is 10.6. The molecule has 1 fully saturated rings. The minimum absolute atomic E-state index is 0.109. The first kappa shape index (κ1) is 16.4. The molecule has 0 aromatic heterocycles. The largest absolute Gasteiger partial charge is 0.465 e. The van der Waals surface area contributed by atoms with Crippen LogP contribution in [0.4, 0.5) is 0 Å². The SMILES string of the molecule is CC(C)COC(=O)[C@H]1C(=O)CCO[C@@H]1/C=C/c1ccccc1. The summed E-state index contributed by atoms with van der Waals surface area (Å²) in [5.74, 6) is -1.21. The molecular formula is C18H22O4. The van der Waals surface area contributed by atoms with Crippen molar-refractivity contribution >= 4 is 17.8 Å². The van der Waals surface area contributed by atoms with E-state index in [1.165, 1.54) is 0 Å². The number of ether oxygens (including phenoxy) is 2. The van der Waals surface area contributed by atoms with Crippen LogP contribution in [0, 0.1) is 11.8 Å². The smallest absolute Gasteiger partial charge is 0.319 e. The Bertz CT molecular complexity index is 533. The van der Waals surface area contributed by atoms with E-state index in [0.717, 1.165) is 5.56 Å². The Hall–Kier alpha value is -1.94. The highest BCUT2D eigenvalue weighted by Gasteiger charge is 2.38. The highest BCUT2D eigenvalue weighted by molar-refractivity contribution is 6.00. The molecule has 0 saturated carbocycles. The topological polar surface area (TPSA) is 52.6 Å². The van der Waals surface area contributed by atoms with Gasteiger partial charge in [0, 0.05) is 6.42 Å². The minimum atomic E-state index is -0.854. The highest BCUT2D eigenvalue weighted by atomic mass is 16.5. The average molecular weight is 302 g/mol. The van der Waals surface area contributed by atoms with Crippen molar-refractivity contribution in [1.29, 1.82) is 0 Å². The van der Waals surface area contributed by atoms with E-state index in [-0.39, 0.29) is 18.1 Å². The third kappa shape index (κ3) is 4.53. The van der Waals surface area contributed by atoms with Crippen molar-refractivity contribution in [3.8, 4) is 0 Å². The van der Waals surface area contributed by atoms with Crippen molar-refractivity contribution in [3.05, 3.63) is 42.0 Å². The molecule has 2 rings (SSSR count). The van der Waals surface area contributed by atoms with Crippen LogP contribution in [0.15, 0.2) is 36.4 Å². The molecule has 0 radical (unpaired) electrons. The lowest BCUT2D eigenvalue weighted by atomic mass is 9.92. The summed E-state index contributed by atoms with van der Waals surface area (Å²) in [6.07, 6.45) is 3.35. The zero-order chi connectivity index (χ0) is 15.9. The normalized spacial score (nSPS) is 22.2. The molecule has 1 aliphatic heterocycles. The van der Waals surface area contributed by atoms with Gasteiger partial charge in [0.05, 0.1) is 19.3 Å². The molecule has 0 bridgehead atoms. The summed E-state index contributed by atoms with van der Waals surface area (Å²) in [6.45, 7) is 4.58. The molecule has 1 aliphatic rings. The zero-order valence-electron chi connectivity index (χ0n) is 13.0. The third-order valence-corrected chi connectivity index (χ3v) is 3.42. The van der Waals surface area contributed by atoms with Crippen LogP contribution in [0.1, 0.15) is 25.8 Å². The highest BCUT2D eigenvalue weighted by Crippen LogP contribution is 2.21. The van der Waals surface area contributed by atoms with Crippen molar-refractivity contribution in [2.75, 3.05) is 13.2 Å². The Balaban J connectivity index is 2.07. The van der Waals surface area contributed by atoms with E-state index < -0.39 is 18.0 Å². The van der Waals surface area contributed by atoms with E-state index in [9.17, 15) is 9.59 Å². The molecule has 0 unspecified atom stereocenters. The summed E-state index contributed by atoms with van der Waals surface area (Å²) in [4.78, 5) is 24.3. The van der Waals surface area contributed by atoms with Gasteiger partial charge in [-0.3, -0.25) is 9.59 Å². The number of ketones is 1. The van der Waals surface area contributed by atoms with E-state index in [2.05, 4.69) is 0 Å². The van der Waals surface area contributed by atoms with Gasteiger partial charge < -0.3 is 9.47 Å². The molecule has 0 spiro atoms. The molecule has 1 heterocycles. The monoisotopic (exact) mass is 302 g/mol. The third-order valence-electron chi connectivity index (χ3n) is 3.42. The van der Waals surface area contributed by atoms with Crippen molar-refractivity contribution < 1.29 is 19.1 Å². The summed E-state index contributed by atoms with van der Waals surface area (Å²) < 4.78 is 10.8. The van der Waals surface area contributed by atoms with Crippen LogP contribution < -0.4 is 0 Å². The molecule has 22 heavy (non-hydrogen) atoms. The van der Waals surface area contributed by atoms with E-state index in [4.69, 9.17) is 9.47 Å². The van der Waals surface area contributed by atoms with Gasteiger partial charge in [0.25, 0.3) is 0 Å². The molecule has 4 nitrogen and oxygen atoms in total. The van der Waals surface area contributed by atoms with E-state index in [1.807, 2.05) is 50.3 Å². The molecular weight excluding hydrogens is 280 g/mol. The fourth-order valence-electron chi connectivity index (χ4n) is 2.27. The Morgan fingerprint density at radius 2 is 2.09 bits per heavy atom. The second-order valence-corrected chi connectivity index (χ2v) is 5.82. The van der Waals surface area contributed by atoms with Gasteiger partial charge in [0.15, 0.2) is 5.78 Å². The Kier molecular flexibility index (Phi) is 5.90. The first-order valence-corrected chi connectivity index (χ1v) is 7.62. The Labute approximate surface area is 131 Å². The number of carbonyl (C=O) groups is 2. The number of hydrogen-bond donors (Lipinski definition) is 0. The second kappa shape index (κ2) is 7.90. The van der Waals surface area contributed by atoms with Gasteiger partial charge in [0.1, 0.15) is 5.92 Å². The van der Waals surface area contributed by atoms with Gasteiger partial charge in [-0.25, -0.2) is 0 Å². The molecule has 0 amide bonds. The van der Waals surface area contributed by atoms with Gasteiger partial charge in [-0.2, -0.15) is 0 Å². The second-order valence-electron chi connectivity index (χ2n) is 5.82. The number of Topliss-reactive ketones (excluding diaryl/α,β-unsaturated/α-hetero) is 1. The summed E-state index contributed by atoms with van der Waals surface area (Å²) in [7, 11) is 0. The zero-order valence-corrected chi connectivity index (χ0v) is 13.0. The van der Waals surface area contributed by atoms with Crippen LogP contribution in [0.5, 0.6) is 0 Å². The first-order valence-electron chi connectivity index (χ1n) is 7.62. The quantitative estimate of drug-likeness (QED) is 0.620. The van der Waals surface area contributed by atoms with Crippen LogP contribution in [-0.4, -0.2) is 31.1 Å². The molecule has 1 aromatic rings. The predicted molar refractivity (Wildman–Crippen MR) is 84.1 cm³/mol. The summed E-state index contributed by atoms with van der Waals surface area (Å²) in [5.41, 5.74) is 0.999. The number of esters is 1. The van der Waals surface area contributed by atoms with Crippen LogP contribution in [0.2, 0.25) is 0 Å². The predicted octanol–water partition coefficient (Wildman–Crippen LogP) is 2.87. The van der Waals surface area contributed by atoms with Crippen molar-refractivity contribution in [1.82, 2.24) is 0 Å². The van der Waals surface area contributed by atoms with Gasteiger partial charge in [-0.15, -0.1) is 0 Å². The van der Waals surface area contributed by atoms with Crippen LogP contribution in [0.25, 0.3) is 6.08 Å². The molecule has 1 aromatic carbocycles. The molecule has 0 aliphatic carbocycles. The molecule has 118 valence electrons. The van der Waals surface area contributed by atoms with Crippen molar-refractivity contribution in [2.45, 2.75) is 26.4 Å². The fraction of sp³-hybridized carbons (Fsp3) is 0.444. The lowest BCUT2D eigenvalue weighted by molar-refractivity contribution is -0.161. The van der Waals surface area contributed by atoms with E-state index in [0.29, 0.717) is 13.2 Å². The summed E-state index contributed by atoms with van der Waals surface area (Å²) in [6, 6.07) is 9.70. The molecule has 4 heteroatoms. The van der Waals surface area contributed by atoms with E-state index >= 15 is 0 Å². The van der Waals surface area contributed by atoms with Gasteiger partial charge in [0.2, 0.25) is 0 Å². The maximum absolute atomic E-state index is 12.2. The molecule has 2 atom stereocenters. The minimum Gasteiger partial charge on any atom is -0.465 e. The maximum Gasteiger partial charge on any atom is 0.319 e. The van der Waals surface area contributed by atoms with Crippen LogP contribution in [0.3, 0.4) is 0 Å². The average Bonchev–Trinajstić information content (AvgIpc) is 2.51. The van der Waals surface area contributed by atoms with Crippen LogP contribution in [-0.2, 0) is 19.1 Å². The summed E-state index contributed by atoms with van der Waals surface area (Å²) in [5, 5.41) is 0. The van der Waals surface area contributed by atoms with Gasteiger partial charge in [-0.05, 0) is 11.5 Å². The Morgan fingerprint density at radius 3 is 2.77 bits per heavy atom. The summed E-state index contributed by atoms with van der Waals surface area (Å²) >= 11 is 0. The number of benzene rings is 1. The Morgan fingerprint density at radius 1 is 1.36 bits per heavy atom. The number of hydrogen-bond acceptors (Lipinski definition) is 4. The molecule has 0 N–H and O–H groups in total. The van der Waals surface area contributed by atoms with Crippen molar-refractivity contribution in [2.24, 2.45) is 11.8 Å².